The molecule has 3 rings (SSSR count). The summed E-state index contributed by atoms with van der Waals surface area (Å²) in [5.74, 6) is 1.59. The molecule has 26 heavy (non-hydrogen) atoms. The first-order chi connectivity index (χ1) is 12.5. The minimum Gasteiger partial charge on any atom is -0.497 e. The Morgan fingerprint density at radius 2 is 1.81 bits per heavy atom. The SMILES string of the molecule is COc1ccc(C(=O)[C@H](C)Sc2nnc(-c3ccccc3C)n2C)cc1. The number of nitrogens with zero attached hydrogens (tertiary/aromatic N) is 3. The summed E-state index contributed by atoms with van der Waals surface area (Å²) in [6.45, 7) is 3.94. The molecule has 0 fully saturated rings. The van der Waals surface area contributed by atoms with Crippen LogP contribution >= 0.6 is 11.8 Å². The fourth-order valence-corrected chi connectivity index (χ4v) is 3.57. The average molecular weight is 367 g/mol. The fourth-order valence-electron chi connectivity index (χ4n) is 2.68. The van der Waals surface area contributed by atoms with Crippen LogP contribution in [0.4, 0.5) is 0 Å². The number of carbonyl (C=O) groups excluding carboxylic acids is 1. The zero-order valence-corrected chi connectivity index (χ0v) is 16.1. The molecule has 0 saturated carbocycles. The molecule has 5 nitrogen and oxygen atoms in total. The van der Waals surface area contributed by atoms with Gasteiger partial charge in [0.2, 0.25) is 0 Å². The molecule has 2 aromatic carbocycles. The monoisotopic (exact) mass is 367 g/mol. The highest BCUT2D eigenvalue weighted by atomic mass is 32.2. The summed E-state index contributed by atoms with van der Waals surface area (Å²) in [4.78, 5) is 12.7. The molecule has 0 aliphatic rings. The lowest BCUT2D eigenvalue weighted by Crippen LogP contribution is -2.14. The molecule has 134 valence electrons. The molecule has 1 aromatic heterocycles. The van der Waals surface area contributed by atoms with Gasteiger partial charge in [0, 0.05) is 18.2 Å². The molecule has 1 atom stereocenters. The van der Waals surface area contributed by atoms with Crippen molar-refractivity contribution in [2.45, 2.75) is 24.3 Å². The molecule has 0 unspecified atom stereocenters. The topological polar surface area (TPSA) is 57.0 Å². The third kappa shape index (κ3) is 3.65. The van der Waals surface area contributed by atoms with Crippen molar-refractivity contribution in [3.63, 3.8) is 0 Å². The van der Waals surface area contributed by atoms with Gasteiger partial charge in [-0.2, -0.15) is 0 Å². The van der Waals surface area contributed by atoms with Crippen molar-refractivity contribution in [3.8, 4) is 17.1 Å². The first kappa shape index (κ1) is 18.2. The first-order valence-electron chi connectivity index (χ1n) is 8.31. The van der Waals surface area contributed by atoms with Gasteiger partial charge in [0.05, 0.1) is 12.4 Å². The van der Waals surface area contributed by atoms with E-state index in [2.05, 4.69) is 10.2 Å². The summed E-state index contributed by atoms with van der Waals surface area (Å²) < 4.78 is 7.07. The van der Waals surface area contributed by atoms with E-state index in [1.165, 1.54) is 11.8 Å². The Kier molecular flexibility index (Phi) is 5.42. The summed E-state index contributed by atoms with van der Waals surface area (Å²) in [6, 6.07) is 15.2. The van der Waals surface area contributed by atoms with Crippen molar-refractivity contribution in [1.82, 2.24) is 14.8 Å². The van der Waals surface area contributed by atoms with Crippen molar-refractivity contribution < 1.29 is 9.53 Å². The Balaban J connectivity index is 1.78. The van der Waals surface area contributed by atoms with Crippen LogP contribution in [0.5, 0.6) is 5.75 Å². The number of hydrogen-bond donors (Lipinski definition) is 0. The number of methoxy groups -OCH3 is 1. The van der Waals surface area contributed by atoms with E-state index >= 15 is 0 Å². The minimum absolute atomic E-state index is 0.0538. The second-order valence-electron chi connectivity index (χ2n) is 6.03. The molecule has 0 saturated heterocycles. The second-order valence-corrected chi connectivity index (χ2v) is 7.34. The maximum Gasteiger partial charge on any atom is 0.191 e. The summed E-state index contributed by atoms with van der Waals surface area (Å²) >= 11 is 1.41. The molecule has 3 aromatic rings. The lowest BCUT2D eigenvalue weighted by Gasteiger charge is -2.11. The van der Waals surface area contributed by atoms with E-state index in [1.807, 2.05) is 49.7 Å². The zero-order chi connectivity index (χ0) is 18.7. The van der Waals surface area contributed by atoms with Crippen LogP contribution in [0.3, 0.4) is 0 Å². The molecular formula is C20H21N3O2S. The maximum absolute atomic E-state index is 12.7. The molecule has 1 heterocycles. The number of benzene rings is 2. The third-order valence-electron chi connectivity index (χ3n) is 4.25. The van der Waals surface area contributed by atoms with Crippen molar-refractivity contribution >= 4 is 17.5 Å². The standard InChI is InChI=1S/C20H21N3O2S/c1-13-7-5-6-8-17(13)19-21-22-20(23(19)3)26-14(2)18(24)15-9-11-16(25-4)12-10-15/h5-12,14H,1-4H3/t14-/m0/s1. The van der Waals surface area contributed by atoms with Gasteiger partial charge >= 0.3 is 0 Å². The van der Waals surface area contributed by atoms with Gasteiger partial charge < -0.3 is 9.30 Å². The van der Waals surface area contributed by atoms with Gasteiger partial charge in [-0.25, -0.2) is 0 Å². The number of ether oxygens (including phenoxy) is 1. The molecule has 0 bridgehead atoms. The van der Waals surface area contributed by atoms with Gasteiger partial charge in [-0.1, -0.05) is 36.0 Å². The summed E-state index contributed by atoms with van der Waals surface area (Å²) in [5.41, 5.74) is 2.84. The number of rotatable bonds is 6. The van der Waals surface area contributed by atoms with E-state index in [9.17, 15) is 4.79 Å². The maximum atomic E-state index is 12.7. The molecule has 0 aliphatic heterocycles. The highest BCUT2D eigenvalue weighted by Gasteiger charge is 2.21. The Bertz CT molecular complexity index is 919. The van der Waals surface area contributed by atoms with Gasteiger partial charge in [0.15, 0.2) is 16.8 Å². The van der Waals surface area contributed by atoms with E-state index < -0.39 is 0 Å². The molecule has 6 heteroatoms. The van der Waals surface area contributed by atoms with Gasteiger partial charge in [0.25, 0.3) is 0 Å². The van der Waals surface area contributed by atoms with E-state index in [-0.39, 0.29) is 11.0 Å². The molecule has 0 radical (unpaired) electrons. The van der Waals surface area contributed by atoms with Crippen molar-refractivity contribution in [3.05, 3.63) is 59.7 Å². The van der Waals surface area contributed by atoms with Crippen molar-refractivity contribution in [1.29, 1.82) is 0 Å². The fraction of sp³-hybridized carbons (Fsp3) is 0.250. The van der Waals surface area contributed by atoms with Crippen LogP contribution < -0.4 is 4.74 Å². The lowest BCUT2D eigenvalue weighted by molar-refractivity contribution is 0.0994. The smallest absolute Gasteiger partial charge is 0.191 e. The molecule has 0 aliphatic carbocycles. The Morgan fingerprint density at radius 1 is 1.12 bits per heavy atom. The Labute approximate surface area is 157 Å². The van der Waals surface area contributed by atoms with Gasteiger partial charge in [-0.3, -0.25) is 4.79 Å². The normalized spacial score (nSPS) is 12.0. The number of carbonyl (C=O) groups is 1. The van der Waals surface area contributed by atoms with Gasteiger partial charge in [0.1, 0.15) is 5.75 Å². The van der Waals surface area contributed by atoms with Crippen LogP contribution in [0.2, 0.25) is 0 Å². The first-order valence-corrected chi connectivity index (χ1v) is 9.19. The third-order valence-corrected chi connectivity index (χ3v) is 5.38. The Hall–Kier alpha value is -2.60. The van der Waals surface area contributed by atoms with Crippen LogP contribution in [0, 0.1) is 6.92 Å². The number of aromatic nitrogens is 3. The van der Waals surface area contributed by atoms with Crippen LogP contribution in [-0.2, 0) is 7.05 Å². The molecule has 0 N–H and O–H groups in total. The van der Waals surface area contributed by atoms with Crippen molar-refractivity contribution in [2.75, 3.05) is 7.11 Å². The number of thioether (sulfide) groups is 1. The average Bonchev–Trinajstić information content (AvgIpc) is 3.02. The molecule has 0 spiro atoms. The van der Waals surface area contributed by atoms with Crippen LogP contribution in [0.25, 0.3) is 11.4 Å². The highest BCUT2D eigenvalue weighted by Crippen LogP contribution is 2.28. The quantitative estimate of drug-likeness (QED) is 0.484. The number of Topliss-reactive ketones (excluding diaryl/α,β-unsaturated/α-hetero) is 1. The number of aryl methyl sites for hydroxylation is 1. The lowest BCUT2D eigenvalue weighted by atomic mass is 10.1. The minimum atomic E-state index is -0.268. The second kappa shape index (κ2) is 7.74. The highest BCUT2D eigenvalue weighted by molar-refractivity contribution is 8.00. The van der Waals surface area contributed by atoms with Crippen LogP contribution in [-0.4, -0.2) is 32.9 Å². The largest absolute Gasteiger partial charge is 0.497 e. The van der Waals surface area contributed by atoms with Crippen LogP contribution in [0.1, 0.15) is 22.8 Å². The molecular weight excluding hydrogens is 346 g/mol. The molecule has 0 amide bonds. The van der Waals surface area contributed by atoms with E-state index in [4.69, 9.17) is 4.74 Å². The number of hydrogen-bond acceptors (Lipinski definition) is 5. The predicted molar refractivity (Wildman–Crippen MR) is 104 cm³/mol. The summed E-state index contributed by atoms with van der Waals surface area (Å²) in [5, 5.41) is 9.05. The summed E-state index contributed by atoms with van der Waals surface area (Å²) in [7, 11) is 3.53. The van der Waals surface area contributed by atoms with E-state index in [1.54, 1.807) is 31.4 Å². The van der Waals surface area contributed by atoms with Gasteiger partial charge in [-0.15, -0.1) is 10.2 Å². The predicted octanol–water partition coefficient (Wildman–Crippen LogP) is 4.16. The van der Waals surface area contributed by atoms with Crippen molar-refractivity contribution in [2.24, 2.45) is 7.05 Å². The van der Waals surface area contributed by atoms with Gasteiger partial charge in [-0.05, 0) is 43.7 Å². The Morgan fingerprint density at radius 3 is 2.46 bits per heavy atom. The van der Waals surface area contributed by atoms with E-state index in [0.717, 1.165) is 27.9 Å². The van der Waals surface area contributed by atoms with Crippen LogP contribution in [0.15, 0.2) is 53.7 Å². The van der Waals surface area contributed by atoms with E-state index in [0.29, 0.717) is 5.56 Å². The number of ketones is 1. The summed E-state index contributed by atoms with van der Waals surface area (Å²) in [6.07, 6.45) is 0. The zero-order valence-electron chi connectivity index (χ0n) is 15.3.